The summed E-state index contributed by atoms with van der Waals surface area (Å²) in [6.45, 7) is 2.92. The summed E-state index contributed by atoms with van der Waals surface area (Å²) in [5, 5.41) is 9.41. The van der Waals surface area contributed by atoms with Gasteiger partial charge in [0.1, 0.15) is 18.3 Å². The molecule has 2 saturated heterocycles. The normalized spacial score (nSPS) is 27.9. The van der Waals surface area contributed by atoms with Gasteiger partial charge in [0.15, 0.2) is 0 Å². The number of carboxylic acids is 1. The fourth-order valence-electron chi connectivity index (χ4n) is 3.68. The van der Waals surface area contributed by atoms with Gasteiger partial charge in [-0.3, -0.25) is 19.3 Å². The monoisotopic (exact) mass is 332 g/mol. The summed E-state index contributed by atoms with van der Waals surface area (Å²) in [4.78, 5) is 49.2. The molecule has 3 heterocycles. The zero-order chi connectivity index (χ0) is 16.2. The van der Waals surface area contributed by atoms with E-state index in [2.05, 4.69) is 0 Å². The van der Waals surface area contributed by atoms with Crippen LogP contribution in [0.4, 0.5) is 0 Å². The van der Waals surface area contributed by atoms with Crippen LogP contribution in [-0.4, -0.2) is 93.5 Å². The van der Waals surface area contributed by atoms with E-state index in [-0.39, 0.29) is 65.6 Å². The summed E-state index contributed by atoms with van der Waals surface area (Å²) in [5.74, 6) is -2.30. The van der Waals surface area contributed by atoms with E-state index in [1.54, 1.807) is 0 Å². The van der Waals surface area contributed by atoms with Gasteiger partial charge in [0.25, 0.3) is 5.91 Å². The number of carboxylic acid groups (broad SMARTS) is 1. The van der Waals surface area contributed by atoms with Crippen LogP contribution >= 0.6 is 0 Å². The minimum absolute atomic E-state index is 0. The van der Waals surface area contributed by atoms with Gasteiger partial charge < -0.3 is 14.7 Å². The Kier molecular flexibility index (Phi) is 4.89. The first-order valence-electron chi connectivity index (χ1n) is 7.02. The number of hydrogen-bond acceptors (Lipinski definition) is 5. The summed E-state index contributed by atoms with van der Waals surface area (Å²) in [6, 6.07) is -0.823. The average molecular weight is 332 g/mol. The minimum atomic E-state index is -1.21. The number of rotatable bonds is 3. The van der Waals surface area contributed by atoms with Crippen LogP contribution < -0.4 is 0 Å². The molecule has 0 aromatic carbocycles. The van der Waals surface area contributed by atoms with Gasteiger partial charge in [0.05, 0.1) is 6.04 Å². The molecule has 3 aliphatic rings. The third kappa shape index (κ3) is 2.68. The van der Waals surface area contributed by atoms with Crippen LogP contribution in [0.1, 0.15) is 20.3 Å². The zero-order valence-corrected chi connectivity index (χ0v) is 12.2. The summed E-state index contributed by atoms with van der Waals surface area (Å²) >= 11 is 0. The maximum absolute atomic E-state index is 12.3. The first-order chi connectivity index (χ1) is 10.3. The molecule has 0 radical (unpaired) electrons. The molecule has 0 saturated carbocycles. The molecule has 0 aromatic rings. The van der Waals surface area contributed by atoms with Gasteiger partial charge in [0.2, 0.25) is 5.91 Å². The molecule has 0 unspecified atom stereocenters. The molecule has 3 aliphatic heterocycles. The first kappa shape index (κ1) is 18.0. The van der Waals surface area contributed by atoms with Gasteiger partial charge in [-0.15, -0.1) is 0 Å². The third-order valence-corrected chi connectivity index (χ3v) is 4.50. The van der Waals surface area contributed by atoms with Crippen LogP contribution in [0.25, 0.3) is 0 Å². The zero-order valence-electron chi connectivity index (χ0n) is 12.2. The van der Waals surface area contributed by atoms with Crippen molar-refractivity contribution in [3.8, 4) is 0 Å². The second-order valence-electron chi connectivity index (χ2n) is 5.82. The number of carbonyl (C=O) groups excluding carboxylic acids is 3. The Morgan fingerprint density at radius 3 is 2.48 bits per heavy atom. The molecule has 0 aliphatic carbocycles. The van der Waals surface area contributed by atoms with Gasteiger partial charge in [-0.2, -0.15) is 0 Å². The Morgan fingerprint density at radius 2 is 1.96 bits per heavy atom. The van der Waals surface area contributed by atoms with Crippen LogP contribution in [0.3, 0.4) is 0 Å². The Bertz CT molecular complexity index is 631. The van der Waals surface area contributed by atoms with Crippen molar-refractivity contribution in [1.29, 1.82) is 0 Å². The quantitative estimate of drug-likeness (QED) is 0.391. The van der Waals surface area contributed by atoms with Gasteiger partial charge in [-0.05, 0) is 12.0 Å². The van der Waals surface area contributed by atoms with Gasteiger partial charge in [0, 0.05) is 26.3 Å². The number of ether oxygens (including phenoxy) is 1. The molecule has 0 bridgehead atoms. The van der Waals surface area contributed by atoms with Gasteiger partial charge >= 0.3 is 41.5 Å². The van der Waals surface area contributed by atoms with Gasteiger partial charge in [-0.1, -0.05) is 0 Å². The van der Waals surface area contributed by atoms with Crippen molar-refractivity contribution in [3.05, 3.63) is 11.3 Å². The molecule has 9 heteroatoms. The van der Waals surface area contributed by atoms with E-state index >= 15 is 0 Å². The number of amides is 2. The van der Waals surface area contributed by atoms with E-state index in [9.17, 15) is 24.3 Å². The fourth-order valence-corrected chi connectivity index (χ4v) is 3.68. The molecule has 23 heavy (non-hydrogen) atoms. The molecular weight excluding hydrogens is 315 g/mol. The number of aliphatic carboxylic acids is 1. The fraction of sp³-hybridized carbons (Fsp3) is 0.571. The number of hydrogen-bond donors (Lipinski definition) is 1. The van der Waals surface area contributed by atoms with Crippen LogP contribution in [-0.2, 0) is 23.9 Å². The van der Waals surface area contributed by atoms with E-state index in [0.29, 0.717) is 18.5 Å². The van der Waals surface area contributed by atoms with Crippen LogP contribution in [0.15, 0.2) is 11.3 Å². The van der Waals surface area contributed by atoms with Crippen molar-refractivity contribution >= 4 is 53.3 Å². The van der Waals surface area contributed by atoms with Crippen molar-refractivity contribution in [2.75, 3.05) is 13.2 Å². The van der Waals surface area contributed by atoms with Crippen LogP contribution in [0.2, 0.25) is 0 Å². The second-order valence-corrected chi connectivity index (χ2v) is 5.82. The van der Waals surface area contributed by atoms with E-state index in [1.807, 2.05) is 0 Å². The molecule has 0 aromatic heterocycles. The molecule has 0 spiro atoms. The predicted molar refractivity (Wildman–Crippen MR) is 78.4 cm³/mol. The Labute approximate surface area is 154 Å². The van der Waals surface area contributed by atoms with E-state index < -0.39 is 18.0 Å². The van der Waals surface area contributed by atoms with Gasteiger partial charge in [-0.25, -0.2) is 4.79 Å². The van der Waals surface area contributed by atoms with E-state index in [1.165, 1.54) is 23.6 Å². The summed E-state index contributed by atoms with van der Waals surface area (Å²) in [7, 11) is 0. The molecule has 2 amide bonds. The van der Waals surface area contributed by atoms with Crippen LogP contribution in [0, 0.1) is 5.92 Å². The van der Waals surface area contributed by atoms with E-state index in [0.717, 1.165) is 0 Å². The average Bonchev–Trinajstić information content (AvgIpc) is 2.79. The summed E-state index contributed by atoms with van der Waals surface area (Å²) < 4.78 is 4.91. The molecule has 1 N–H and O–H groups in total. The number of nitrogens with zero attached hydrogens (tertiary/aromatic N) is 2. The Balaban J connectivity index is 0.00000192. The second kappa shape index (κ2) is 6.26. The number of carbonyl (C=O) groups is 4. The topological polar surface area (TPSA) is 104 Å². The third-order valence-electron chi connectivity index (χ3n) is 4.50. The summed E-state index contributed by atoms with van der Waals surface area (Å²) in [6.07, 6.45) is 0.406. The number of esters is 1. The van der Waals surface area contributed by atoms with Crippen molar-refractivity contribution < 1.29 is 29.0 Å². The van der Waals surface area contributed by atoms with Crippen molar-refractivity contribution in [3.63, 3.8) is 0 Å². The summed E-state index contributed by atoms with van der Waals surface area (Å²) in [5.41, 5.74) is 0.315. The van der Waals surface area contributed by atoms with Crippen LogP contribution in [0.5, 0.6) is 0 Å². The van der Waals surface area contributed by atoms with Crippen molar-refractivity contribution in [1.82, 2.24) is 9.80 Å². The molecule has 2 fully saturated rings. The standard InChI is InChI=1S/C14H16N2O6.Na.H/c1-6(17)15-4-8-3-9(5-22-7(2)18)11(14(20)21)16-10(8)12(15)13(16)19;;/h8,10,12H,3-5H2,1-2H3,(H,20,21);;/t8-,10-,12+;;/m1../s1. The molecule has 3 atom stereocenters. The molecular formula is C14H17N2NaO6. The maximum atomic E-state index is 12.3. The van der Waals surface area contributed by atoms with Crippen molar-refractivity contribution in [2.24, 2.45) is 5.92 Å². The molecule has 8 nitrogen and oxygen atoms in total. The number of β-lactam (4-membered cyclic amide) rings is 1. The molecule has 120 valence electrons. The Hall–Kier alpha value is -1.38. The predicted octanol–water partition coefficient (Wildman–Crippen LogP) is -1.30. The molecule has 3 rings (SSSR count). The van der Waals surface area contributed by atoms with Crippen molar-refractivity contribution in [2.45, 2.75) is 32.4 Å². The Morgan fingerprint density at radius 1 is 1.30 bits per heavy atom. The van der Waals surface area contributed by atoms with E-state index in [4.69, 9.17) is 4.74 Å². The number of likely N-dealkylation sites (tertiary alicyclic amines) is 1. The first-order valence-corrected chi connectivity index (χ1v) is 7.02. The SMILES string of the molecule is CC(=O)OCC1=C(C(=O)O)N2C(=O)[C@@H]3[C@H]2[C@H](C1)CN3C(C)=O.[NaH].